The van der Waals surface area contributed by atoms with Gasteiger partial charge in [-0.2, -0.15) is 0 Å². The Bertz CT molecular complexity index is 795. The number of aromatic nitrogens is 1. The maximum Gasteiger partial charge on any atom is 0.0701 e. The standard InChI is InChI=1S/C20H25NO3.C2H6/c1-16-7-8-20-18(15-16)17-5-3-4-6-19(17)21(20)9-10-23-13-14-24-12-11-22-2;1-2/h3-8,15H,9-14H2,1-2H3;1-2H3. The van der Waals surface area contributed by atoms with Crippen molar-refractivity contribution in [3.8, 4) is 0 Å². The highest BCUT2D eigenvalue weighted by atomic mass is 16.5. The first-order valence-corrected chi connectivity index (χ1v) is 9.43. The zero-order valence-electron chi connectivity index (χ0n) is 16.5. The molecule has 1 heterocycles. The third kappa shape index (κ3) is 5.07. The molecule has 0 aliphatic rings. The zero-order chi connectivity index (χ0) is 18.8. The van der Waals surface area contributed by atoms with Crippen LogP contribution in [0.2, 0.25) is 0 Å². The lowest BCUT2D eigenvalue weighted by Gasteiger charge is -2.09. The molecule has 0 atom stereocenters. The molecule has 0 radical (unpaired) electrons. The molecule has 1 aromatic heterocycles. The molecule has 0 saturated heterocycles. The summed E-state index contributed by atoms with van der Waals surface area (Å²) >= 11 is 0. The molecular weight excluding hydrogens is 326 g/mol. The number of methoxy groups -OCH3 is 1. The van der Waals surface area contributed by atoms with Crippen LogP contribution in [-0.4, -0.2) is 44.7 Å². The number of hydrogen-bond donors (Lipinski definition) is 0. The number of aryl methyl sites for hydroxylation is 1. The molecule has 0 unspecified atom stereocenters. The van der Waals surface area contributed by atoms with E-state index < -0.39 is 0 Å². The first-order valence-electron chi connectivity index (χ1n) is 9.43. The van der Waals surface area contributed by atoms with E-state index in [1.165, 1.54) is 27.4 Å². The largest absolute Gasteiger partial charge is 0.382 e. The van der Waals surface area contributed by atoms with Crippen LogP contribution in [-0.2, 0) is 20.8 Å². The Morgan fingerprint density at radius 2 is 1.42 bits per heavy atom. The van der Waals surface area contributed by atoms with Crippen LogP contribution in [0.1, 0.15) is 19.4 Å². The number of rotatable bonds is 9. The Kier molecular flexibility index (Phi) is 8.62. The summed E-state index contributed by atoms with van der Waals surface area (Å²) in [6.45, 7) is 10.1. The summed E-state index contributed by atoms with van der Waals surface area (Å²) in [5.41, 5.74) is 3.81. The zero-order valence-corrected chi connectivity index (χ0v) is 16.5. The highest BCUT2D eigenvalue weighted by molar-refractivity contribution is 6.08. The van der Waals surface area contributed by atoms with Crippen LogP contribution >= 0.6 is 0 Å². The Labute approximate surface area is 156 Å². The summed E-state index contributed by atoms with van der Waals surface area (Å²) in [5.74, 6) is 0. The van der Waals surface area contributed by atoms with Gasteiger partial charge in [0.05, 0.1) is 33.0 Å². The summed E-state index contributed by atoms with van der Waals surface area (Å²) in [6.07, 6.45) is 0. The summed E-state index contributed by atoms with van der Waals surface area (Å²) in [4.78, 5) is 0. The quantitative estimate of drug-likeness (QED) is 0.515. The van der Waals surface area contributed by atoms with E-state index in [1.807, 2.05) is 13.8 Å². The molecule has 0 aliphatic heterocycles. The van der Waals surface area contributed by atoms with Crippen molar-refractivity contribution in [2.75, 3.05) is 40.1 Å². The van der Waals surface area contributed by atoms with E-state index in [4.69, 9.17) is 14.2 Å². The molecule has 3 aromatic rings. The van der Waals surface area contributed by atoms with Gasteiger partial charge in [-0.25, -0.2) is 0 Å². The first-order chi connectivity index (χ1) is 12.8. The van der Waals surface area contributed by atoms with Crippen LogP contribution in [0.4, 0.5) is 0 Å². The lowest BCUT2D eigenvalue weighted by Crippen LogP contribution is -2.11. The molecule has 0 amide bonds. The van der Waals surface area contributed by atoms with Crippen molar-refractivity contribution in [2.45, 2.75) is 27.3 Å². The van der Waals surface area contributed by atoms with E-state index in [0.29, 0.717) is 33.0 Å². The van der Waals surface area contributed by atoms with Crippen LogP contribution in [0.3, 0.4) is 0 Å². The molecule has 4 nitrogen and oxygen atoms in total. The number of nitrogens with zero attached hydrogens (tertiary/aromatic N) is 1. The molecule has 142 valence electrons. The van der Waals surface area contributed by atoms with Gasteiger partial charge in [-0.15, -0.1) is 0 Å². The second-order valence-corrected chi connectivity index (χ2v) is 5.91. The number of benzene rings is 2. The van der Waals surface area contributed by atoms with Crippen molar-refractivity contribution >= 4 is 21.8 Å². The molecule has 3 rings (SSSR count). The minimum Gasteiger partial charge on any atom is -0.382 e. The van der Waals surface area contributed by atoms with Gasteiger partial charge in [0, 0.05) is 35.5 Å². The van der Waals surface area contributed by atoms with Crippen LogP contribution in [0, 0.1) is 6.92 Å². The number of ether oxygens (including phenoxy) is 3. The number of hydrogen-bond acceptors (Lipinski definition) is 3. The van der Waals surface area contributed by atoms with E-state index in [2.05, 4.69) is 54.0 Å². The molecular formula is C22H31NO3. The SMILES string of the molecule is CC.COCCOCCOCCn1c2ccccc2c2cc(C)ccc21. The normalized spacial score (nSPS) is 10.9. The van der Waals surface area contributed by atoms with E-state index in [0.717, 1.165) is 6.54 Å². The summed E-state index contributed by atoms with van der Waals surface area (Å²) < 4.78 is 18.4. The smallest absolute Gasteiger partial charge is 0.0701 e. The molecule has 0 bridgehead atoms. The Balaban J connectivity index is 0.00000117. The van der Waals surface area contributed by atoms with Crippen molar-refractivity contribution in [2.24, 2.45) is 0 Å². The predicted molar refractivity (Wildman–Crippen MR) is 109 cm³/mol. The molecule has 26 heavy (non-hydrogen) atoms. The molecule has 0 aliphatic carbocycles. The third-order valence-corrected chi connectivity index (χ3v) is 4.19. The molecule has 0 fully saturated rings. The summed E-state index contributed by atoms with van der Waals surface area (Å²) in [5, 5.41) is 2.62. The highest BCUT2D eigenvalue weighted by Gasteiger charge is 2.09. The van der Waals surface area contributed by atoms with Gasteiger partial charge in [-0.3, -0.25) is 0 Å². The lowest BCUT2D eigenvalue weighted by molar-refractivity contribution is 0.0234. The first kappa shape index (κ1) is 20.4. The van der Waals surface area contributed by atoms with Crippen LogP contribution in [0.25, 0.3) is 21.8 Å². The van der Waals surface area contributed by atoms with Gasteiger partial charge in [-0.05, 0) is 25.1 Å². The Morgan fingerprint density at radius 3 is 2.19 bits per heavy atom. The fourth-order valence-corrected chi connectivity index (χ4v) is 3.03. The van der Waals surface area contributed by atoms with Crippen molar-refractivity contribution in [1.29, 1.82) is 0 Å². The van der Waals surface area contributed by atoms with Crippen molar-refractivity contribution in [3.05, 3.63) is 48.0 Å². The van der Waals surface area contributed by atoms with Crippen molar-refractivity contribution in [1.82, 2.24) is 4.57 Å². The van der Waals surface area contributed by atoms with E-state index in [1.54, 1.807) is 7.11 Å². The monoisotopic (exact) mass is 357 g/mol. The molecule has 0 N–H and O–H groups in total. The van der Waals surface area contributed by atoms with Gasteiger partial charge in [0.25, 0.3) is 0 Å². The van der Waals surface area contributed by atoms with E-state index >= 15 is 0 Å². The Hall–Kier alpha value is -1.88. The van der Waals surface area contributed by atoms with Crippen LogP contribution in [0.5, 0.6) is 0 Å². The highest BCUT2D eigenvalue weighted by Crippen LogP contribution is 2.29. The molecule has 0 spiro atoms. The van der Waals surface area contributed by atoms with Gasteiger partial charge >= 0.3 is 0 Å². The predicted octanol–water partition coefficient (Wildman–Crippen LogP) is 4.81. The van der Waals surface area contributed by atoms with Gasteiger partial charge in [0.15, 0.2) is 0 Å². The molecule has 2 aromatic carbocycles. The average Bonchev–Trinajstić information content (AvgIpc) is 2.99. The van der Waals surface area contributed by atoms with Gasteiger partial charge in [-0.1, -0.05) is 43.7 Å². The summed E-state index contributed by atoms with van der Waals surface area (Å²) in [7, 11) is 1.67. The van der Waals surface area contributed by atoms with Crippen LogP contribution in [0.15, 0.2) is 42.5 Å². The van der Waals surface area contributed by atoms with Crippen molar-refractivity contribution in [3.63, 3.8) is 0 Å². The topological polar surface area (TPSA) is 32.6 Å². The fraction of sp³-hybridized carbons (Fsp3) is 0.455. The lowest BCUT2D eigenvalue weighted by atomic mass is 10.1. The second-order valence-electron chi connectivity index (χ2n) is 5.91. The van der Waals surface area contributed by atoms with Gasteiger partial charge in [0.1, 0.15) is 0 Å². The van der Waals surface area contributed by atoms with Gasteiger partial charge in [0.2, 0.25) is 0 Å². The second kappa shape index (κ2) is 11.0. The van der Waals surface area contributed by atoms with E-state index in [-0.39, 0.29) is 0 Å². The Morgan fingerprint density at radius 1 is 0.769 bits per heavy atom. The third-order valence-electron chi connectivity index (χ3n) is 4.19. The minimum absolute atomic E-state index is 0.607. The van der Waals surface area contributed by atoms with E-state index in [9.17, 15) is 0 Å². The minimum atomic E-state index is 0.607. The maximum absolute atomic E-state index is 5.72. The summed E-state index contributed by atoms with van der Waals surface area (Å²) in [6, 6.07) is 15.2. The van der Waals surface area contributed by atoms with Crippen LogP contribution < -0.4 is 0 Å². The molecule has 4 heteroatoms. The van der Waals surface area contributed by atoms with Gasteiger partial charge < -0.3 is 18.8 Å². The molecule has 0 saturated carbocycles. The fourth-order valence-electron chi connectivity index (χ4n) is 3.03. The maximum atomic E-state index is 5.72. The van der Waals surface area contributed by atoms with Crippen molar-refractivity contribution < 1.29 is 14.2 Å². The average molecular weight is 357 g/mol. The number of para-hydroxylation sites is 1. The number of fused-ring (bicyclic) bond motifs is 3.